The molecular weight excluding hydrogens is 338 g/mol. The van der Waals surface area contributed by atoms with Gasteiger partial charge in [0.1, 0.15) is 5.82 Å². The molecule has 142 valence electrons. The Labute approximate surface area is 160 Å². The molecule has 6 heteroatoms. The second-order valence-electron chi connectivity index (χ2n) is 6.76. The summed E-state index contributed by atoms with van der Waals surface area (Å²) in [6.07, 6.45) is 5.68. The predicted octanol–water partition coefficient (Wildman–Crippen LogP) is 3.67. The quantitative estimate of drug-likeness (QED) is 0.626. The van der Waals surface area contributed by atoms with E-state index in [0.717, 1.165) is 30.3 Å². The van der Waals surface area contributed by atoms with Crippen LogP contribution in [-0.4, -0.2) is 41.4 Å². The van der Waals surface area contributed by atoms with Crippen molar-refractivity contribution in [3.8, 4) is 0 Å². The molecule has 0 aliphatic carbocycles. The Bertz CT molecular complexity index is 752. The summed E-state index contributed by atoms with van der Waals surface area (Å²) in [6, 6.07) is 13.8. The van der Waals surface area contributed by atoms with Gasteiger partial charge in [0.2, 0.25) is 5.91 Å². The van der Waals surface area contributed by atoms with Gasteiger partial charge in [0.05, 0.1) is 6.54 Å². The molecule has 0 radical (unpaired) electrons. The summed E-state index contributed by atoms with van der Waals surface area (Å²) in [5.41, 5.74) is 2.07. The summed E-state index contributed by atoms with van der Waals surface area (Å²) >= 11 is 0. The molecule has 3 rings (SSSR count). The number of rotatable bonds is 5. The minimum Gasteiger partial charge on any atom is -0.343 e. The van der Waals surface area contributed by atoms with Crippen molar-refractivity contribution in [2.75, 3.05) is 30.3 Å². The van der Waals surface area contributed by atoms with Gasteiger partial charge in [-0.15, -0.1) is 0 Å². The number of guanidine groups is 1. The van der Waals surface area contributed by atoms with E-state index in [2.05, 4.69) is 25.5 Å². The Kier molecular flexibility index (Phi) is 6.79. The van der Waals surface area contributed by atoms with Crippen molar-refractivity contribution in [2.24, 2.45) is 4.99 Å². The van der Waals surface area contributed by atoms with Crippen molar-refractivity contribution < 1.29 is 4.79 Å². The topological polar surface area (TPSA) is 69.6 Å². The summed E-state index contributed by atoms with van der Waals surface area (Å²) in [7, 11) is 0. The lowest BCUT2D eigenvalue weighted by molar-refractivity contribution is -0.116. The van der Waals surface area contributed by atoms with Gasteiger partial charge in [0.15, 0.2) is 5.96 Å². The molecule has 1 fully saturated rings. The summed E-state index contributed by atoms with van der Waals surface area (Å²) in [5.74, 6) is 1.35. The van der Waals surface area contributed by atoms with Crippen LogP contribution in [0.15, 0.2) is 53.7 Å². The van der Waals surface area contributed by atoms with Gasteiger partial charge in [-0.1, -0.05) is 24.3 Å². The van der Waals surface area contributed by atoms with E-state index in [1.807, 2.05) is 49.4 Å². The van der Waals surface area contributed by atoms with E-state index in [1.165, 1.54) is 19.3 Å². The molecule has 0 unspecified atom stereocenters. The SMILES string of the molecule is Cc1ccc(NC(=O)CCN=C(Nc2ccccc2)N2CCCCC2)nc1. The maximum atomic E-state index is 12.2. The van der Waals surface area contributed by atoms with Gasteiger partial charge in [0.25, 0.3) is 0 Å². The number of anilines is 2. The minimum absolute atomic E-state index is 0.0761. The van der Waals surface area contributed by atoms with E-state index in [0.29, 0.717) is 18.8 Å². The number of amides is 1. The lowest BCUT2D eigenvalue weighted by Gasteiger charge is -2.30. The normalized spacial score (nSPS) is 14.7. The first-order chi connectivity index (χ1) is 13.2. The molecule has 0 spiro atoms. The molecule has 2 aromatic rings. The fraction of sp³-hybridized carbons (Fsp3) is 0.381. The number of nitrogens with one attached hydrogen (secondary N) is 2. The third-order valence-corrected chi connectivity index (χ3v) is 4.46. The molecule has 1 amide bonds. The number of piperidine rings is 1. The van der Waals surface area contributed by atoms with Gasteiger partial charge in [0, 0.05) is 31.4 Å². The zero-order valence-electron chi connectivity index (χ0n) is 15.8. The summed E-state index contributed by atoms with van der Waals surface area (Å²) in [4.78, 5) is 23.3. The van der Waals surface area contributed by atoms with Crippen LogP contribution in [0.1, 0.15) is 31.2 Å². The van der Waals surface area contributed by atoms with Gasteiger partial charge in [-0.25, -0.2) is 4.98 Å². The molecule has 2 N–H and O–H groups in total. The fourth-order valence-corrected chi connectivity index (χ4v) is 2.99. The van der Waals surface area contributed by atoms with Gasteiger partial charge in [-0.2, -0.15) is 0 Å². The number of nitrogens with zero attached hydrogens (tertiary/aromatic N) is 3. The van der Waals surface area contributed by atoms with Gasteiger partial charge >= 0.3 is 0 Å². The highest BCUT2D eigenvalue weighted by Gasteiger charge is 2.15. The number of hydrogen-bond acceptors (Lipinski definition) is 3. The number of pyridine rings is 1. The number of aromatic nitrogens is 1. The Hall–Kier alpha value is -2.89. The molecule has 1 aromatic heterocycles. The van der Waals surface area contributed by atoms with Crippen molar-refractivity contribution in [2.45, 2.75) is 32.6 Å². The Morgan fingerprint density at radius 1 is 1.07 bits per heavy atom. The van der Waals surface area contributed by atoms with Crippen molar-refractivity contribution in [3.05, 3.63) is 54.2 Å². The number of hydrogen-bond donors (Lipinski definition) is 2. The minimum atomic E-state index is -0.0761. The van der Waals surface area contributed by atoms with Crippen molar-refractivity contribution in [3.63, 3.8) is 0 Å². The number of likely N-dealkylation sites (tertiary alicyclic amines) is 1. The number of carbonyl (C=O) groups excluding carboxylic acids is 1. The van der Waals surface area contributed by atoms with E-state index >= 15 is 0 Å². The molecule has 1 aromatic carbocycles. The second kappa shape index (κ2) is 9.71. The summed E-state index contributed by atoms with van der Waals surface area (Å²) in [5, 5.41) is 6.23. The van der Waals surface area contributed by atoms with Crippen LogP contribution in [-0.2, 0) is 4.79 Å². The molecule has 27 heavy (non-hydrogen) atoms. The van der Waals surface area contributed by atoms with Crippen LogP contribution in [0.3, 0.4) is 0 Å². The number of aryl methyl sites for hydroxylation is 1. The van der Waals surface area contributed by atoms with Crippen LogP contribution >= 0.6 is 0 Å². The number of aliphatic imine (C=N–C) groups is 1. The molecule has 0 bridgehead atoms. The fourth-order valence-electron chi connectivity index (χ4n) is 2.99. The highest BCUT2D eigenvalue weighted by atomic mass is 16.1. The lowest BCUT2D eigenvalue weighted by Crippen LogP contribution is -2.40. The van der Waals surface area contributed by atoms with E-state index in [1.54, 1.807) is 6.20 Å². The number of para-hydroxylation sites is 1. The molecule has 2 heterocycles. The zero-order valence-corrected chi connectivity index (χ0v) is 15.8. The second-order valence-corrected chi connectivity index (χ2v) is 6.76. The first kappa shape index (κ1) is 18.9. The van der Waals surface area contributed by atoms with Crippen LogP contribution in [0.2, 0.25) is 0 Å². The summed E-state index contributed by atoms with van der Waals surface area (Å²) < 4.78 is 0. The largest absolute Gasteiger partial charge is 0.343 e. The lowest BCUT2D eigenvalue weighted by atomic mass is 10.1. The molecular formula is C21H27N5O. The van der Waals surface area contributed by atoms with Crippen LogP contribution in [0, 0.1) is 6.92 Å². The molecule has 1 aliphatic rings. The first-order valence-corrected chi connectivity index (χ1v) is 9.55. The molecule has 0 atom stereocenters. The average molecular weight is 365 g/mol. The molecule has 1 saturated heterocycles. The highest BCUT2D eigenvalue weighted by molar-refractivity contribution is 5.94. The van der Waals surface area contributed by atoms with Gasteiger partial charge in [-0.3, -0.25) is 9.79 Å². The van der Waals surface area contributed by atoms with Gasteiger partial charge in [-0.05, 0) is 49.9 Å². The van der Waals surface area contributed by atoms with Crippen molar-refractivity contribution >= 4 is 23.4 Å². The predicted molar refractivity (Wildman–Crippen MR) is 110 cm³/mol. The third kappa shape index (κ3) is 6.09. The van der Waals surface area contributed by atoms with E-state index in [4.69, 9.17) is 0 Å². The Morgan fingerprint density at radius 3 is 2.56 bits per heavy atom. The smallest absolute Gasteiger partial charge is 0.227 e. The zero-order chi connectivity index (χ0) is 18.9. The van der Waals surface area contributed by atoms with Crippen LogP contribution < -0.4 is 10.6 Å². The molecule has 1 aliphatic heterocycles. The summed E-state index contributed by atoms with van der Waals surface area (Å²) in [6.45, 7) is 4.40. The van der Waals surface area contributed by atoms with E-state index in [-0.39, 0.29) is 5.91 Å². The average Bonchev–Trinajstić information content (AvgIpc) is 2.70. The van der Waals surface area contributed by atoms with E-state index < -0.39 is 0 Å². The van der Waals surface area contributed by atoms with Crippen LogP contribution in [0.5, 0.6) is 0 Å². The maximum absolute atomic E-state index is 12.2. The van der Waals surface area contributed by atoms with Crippen LogP contribution in [0.25, 0.3) is 0 Å². The third-order valence-electron chi connectivity index (χ3n) is 4.46. The monoisotopic (exact) mass is 365 g/mol. The highest BCUT2D eigenvalue weighted by Crippen LogP contribution is 2.13. The first-order valence-electron chi connectivity index (χ1n) is 9.55. The number of benzene rings is 1. The molecule has 6 nitrogen and oxygen atoms in total. The van der Waals surface area contributed by atoms with Crippen LogP contribution in [0.4, 0.5) is 11.5 Å². The maximum Gasteiger partial charge on any atom is 0.227 e. The molecule has 0 saturated carbocycles. The van der Waals surface area contributed by atoms with E-state index in [9.17, 15) is 4.79 Å². The number of carbonyl (C=O) groups is 1. The van der Waals surface area contributed by atoms with Crippen molar-refractivity contribution in [1.82, 2.24) is 9.88 Å². The Morgan fingerprint density at radius 2 is 1.85 bits per heavy atom. The van der Waals surface area contributed by atoms with Crippen molar-refractivity contribution in [1.29, 1.82) is 0 Å². The van der Waals surface area contributed by atoms with Gasteiger partial charge < -0.3 is 15.5 Å². The Balaban J connectivity index is 1.58. The standard InChI is InChI=1S/C21H27N5O/c1-17-10-11-19(23-16-17)25-20(27)12-13-22-21(26-14-6-3-7-15-26)24-18-8-4-2-5-9-18/h2,4-5,8-11,16H,3,6-7,12-15H2,1H3,(H,22,24)(H,23,25,27).